The van der Waals surface area contributed by atoms with Gasteiger partial charge >= 0.3 is 0 Å². The monoisotopic (exact) mass is 409 g/mol. The fourth-order valence-electron chi connectivity index (χ4n) is 3.54. The largest absolute Gasteiger partial charge is 0.507 e. The van der Waals surface area contributed by atoms with Crippen LogP contribution in [-0.4, -0.2) is 32.2 Å². The molecule has 1 amide bonds. The molecule has 0 unspecified atom stereocenters. The number of amides is 1. The summed E-state index contributed by atoms with van der Waals surface area (Å²) in [5.74, 6) is -0.332. The number of hydrogen-bond donors (Lipinski definition) is 2. The minimum Gasteiger partial charge on any atom is -0.507 e. The number of nitrogens with zero attached hydrogens (tertiary/aromatic N) is 2. The van der Waals surface area contributed by atoms with Crippen molar-refractivity contribution in [1.82, 2.24) is 5.43 Å². The van der Waals surface area contributed by atoms with Gasteiger partial charge in [-0.3, -0.25) is 9.10 Å². The van der Waals surface area contributed by atoms with Crippen molar-refractivity contribution in [2.45, 2.75) is 18.7 Å². The number of phenols is 1. The third kappa shape index (κ3) is 3.21. The number of sulfonamides is 1. The second kappa shape index (κ2) is 6.89. The second-order valence-corrected chi connectivity index (χ2v) is 8.77. The predicted molar refractivity (Wildman–Crippen MR) is 112 cm³/mol. The first-order valence-corrected chi connectivity index (χ1v) is 10.4. The molecule has 1 aliphatic rings. The Balaban J connectivity index is 1.53. The Morgan fingerprint density at radius 3 is 2.48 bits per heavy atom. The fraction of sp³-hybridized carbons (Fsp3) is 0.143. The van der Waals surface area contributed by atoms with Crippen LogP contribution in [0.5, 0.6) is 5.75 Å². The molecule has 1 aliphatic heterocycles. The van der Waals surface area contributed by atoms with Crippen molar-refractivity contribution in [3.8, 4) is 5.75 Å². The number of aromatic hydroxyl groups is 1. The molecule has 148 valence electrons. The third-order valence-corrected chi connectivity index (χ3v) is 6.69. The first kappa shape index (κ1) is 18.9. The van der Waals surface area contributed by atoms with E-state index in [2.05, 4.69) is 10.5 Å². The van der Waals surface area contributed by atoms with Crippen molar-refractivity contribution in [2.24, 2.45) is 5.10 Å². The van der Waals surface area contributed by atoms with Crippen LogP contribution in [0.15, 0.2) is 58.5 Å². The van der Waals surface area contributed by atoms with E-state index in [1.54, 1.807) is 50.2 Å². The highest BCUT2D eigenvalue weighted by Gasteiger charge is 2.36. The summed E-state index contributed by atoms with van der Waals surface area (Å²) < 4.78 is 26.9. The van der Waals surface area contributed by atoms with E-state index in [-0.39, 0.29) is 17.2 Å². The molecule has 0 spiro atoms. The average molecular weight is 409 g/mol. The van der Waals surface area contributed by atoms with Gasteiger partial charge in [-0.2, -0.15) is 5.10 Å². The van der Waals surface area contributed by atoms with E-state index in [1.165, 1.54) is 6.21 Å². The molecule has 0 fully saturated rings. The van der Waals surface area contributed by atoms with Crippen LogP contribution in [0.3, 0.4) is 0 Å². The molecule has 7 nitrogen and oxygen atoms in total. The van der Waals surface area contributed by atoms with Crippen molar-refractivity contribution in [1.29, 1.82) is 0 Å². The molecular formula is C21H19N3O4S. The van der Waals surface area contributed by atoms with Gasteiger partial charge in [0.1, 0.15) is 12.3 Å². The smallest absolute Gasteiger partial charge is 0.265 e. The highest BCUT2D eigenvalue weighted by Crippen LogP contribution is 2.41. The molecular weight excluding hydrogens is 390 g/mol. The van der Waals surface area contributed by atoms with Gasteiger partial charge in [-0.1, -0.05) is 24.3 Å². The van der Waals surface area contributed by atoms with E-state index in [4.69, 9.17) is 0 Å². The van der Waals surface area contributed by atoms with Crippen molar-refractivity contribution >= 4 is 38.6 Å². The summed E-state index contributed by atoms with van der Waals surface area (Å²) in [7, 11) is -3.79. The summed E-state index contributed by atoms with van der Waals surface area (Å²) >= 11 is 0. The van der Waals surface area contributed by atoms with Gasteiger partial charge < -0.3 is 5.11 Å². The van der Waals surface area contributed by atoms with Crippen LogP contribution in [0, 0.1) is 13.8 Å². The van der Waals surface area contributed by atoms with E-state index in [0.717, 1.165) is 9.69 Å². The highest BCUT2D eigenvalue weighted by atomic mass is 32.2. The fourth-order valence-corrected chi connectivity index (χ4v) is 5.20. The van der Waals surface area contributed by atoms with Gasteiger partial charge in [0.2, 0.25) is 0 Å². The van der Waals surface area contributed by atoms with E-state index in [0.29, 0.717) is 27.8 Å². The quantitative estimate of drug-likeness (QED) is 0.511. The van der Waals surface area contributed by atoms with Crippen molar-refractivity contribution in [2.75, 3.05) is 10.8 Å². The summed E-state index contributed by atoms with van der Waals surface area (Å²) in [6.45, 7) is 3.17. The maximum absolute atomic E-state index is 12.9. The summed E-state index contributed by atoms with van der Waals surface area (Å²) in [6, 6.07) is 13.8. The SMILES string of the molecule is Cc1cc(/C=N/NC(=O)CN2c3cccc4cccc(c34)S2(=O)=O)cc(C)c1O. The first-order chi connectivity index (χ1) is 13.8. The molecule has 4 rings (SSSR count). The van der Waals surface area contributed by atoms with Gasteiger partial charge in [0.15, 0.2) is 0 Å². The molecule has 29 heavy (non-hydrogen) atoms. The molecule has 3 aromatic carbocycles. The molecule has 0 atom stereocenters. The lowest BCUT2D eigenvalue weighted by Gasteiger charge is -2.17. The average Bonchev–Trinajstić information content (AvgIpc) is 2.89. The Hall–Kier alpha value is -3.39. The van der Waals surface area contributed by atoms with Crippen molar-refractivity contribution in [3.63, 3.8) is 0 Å². The lowest BCUT2D eigenvalue weighted by Crippen LogP contribution is -2.37. The molecule has 1 heterocycles. The van der Waals surface area contributed by atoms with Crippen LogP contribution in [0.2, 0.25) is 0 Å². The lowest BCUT2D eigenvalue weighted by molar-refractivity contribution is -0.119. The normalized spacial score (nSPS) is 14.6. The predicted octanol–water partition coefficient (Wildman–Crippen LogP) is 2.82. The van der Waals surface area contributed by atoms with Gasteiger partial charge in [0.25, 0.3) is 15.9 Å². The van der Waals surface area contributed by atoms with Crippen LogP contribution in [-0.2, 0) is 14.8 Å². The zero-order valence-corrected chi connectivity index (χ0v) is 16.7. The van der Waals surface area contributed by atoms with Crippen LogP contribution < -0.4 is 9.73 Å². The van der Waals surface area contributed by atoms with E-state index >= 15 is 0 Å². The topological polar surface area (TPSA) is 99.1 Å². The third-order valence-electron chi connectivity index (χ3n) is 4.88. The van der Waals surface area contributed by atoms with Gasteiger partial charge in [0.05, 0.1) is 16.8 Å². The minimum absolute atomic E-state index is 0.206. The number of anilines is 1. The number of rotatable bonds is 4. The van der Waals surface area contributed by atoms with Gasteiger partial charge in [-0.25, -0.2) is 13.8 Å². The van der Waals surface area contributed by atoms with Crippen LogP contribution in [0.4, 0.5) is 5.69 Å². The van der Waals surface area contributed by atoms with Gasteiger partial charge in [0, 0.05) is 5.39 Å². The zero-order valence-electron chi connectivity index (χ0n) is 15.9. The highest BCUT2D eigenvalue weighted by molar-refractivity contribution is 7.93. The molecule has 3 aromatic rings. The Morgan fingerprint density at radius 1 is 1.14 bits per heavy atom. The van der Waals surface area contributed by atoms with Gasteiger partial charge in [-0.15, -0.1) is 0 Å². The van der Waals surface area contributed by atoms with Crippen LogP contribution in [0.25, 0.3) is 10.8 Å². The van der Waals surface area contributed by atoms with Crippen LogP contribution in [0.1, 0.15) is 16.7 Å². The maximum atomic E-state index is 12.9. The molecule has 0 radical (unpaired) electrons. The maximum Gasteiger partial charge on any atom is 0.265 e. The standard InChI is InChI=1S/C21H19N3O4S/c1-13-9-15(10-14(2)21(13)26)11-22-23-19(25)12-24-17-7-3-5-16-6-4-8-18(20(16)17)29(24,27)28/h3-11,26H,12H2,1-2H3,(H,23,25)/b22-11+. The first-order valence-electron chi connectivity index (χ1n) is 8.95. The number of phenolic OH excluding ortho intramolecular Hbond substituents is 1. The Morgan fingerprint density at radius 2 is 1.79 bits per heavy atom. The summed E-state index contributed by atoms with van der Waals surface area (Å²) in [6.07, 6.45) is 1.45. The molecule has 8 heteroatoms. The summed E-state index contributed by atoms with van der Waals surface area (Å²) in [5, 5.41) is 15.2. The van der Waals surface area contributed by atoms with Crippen molar-refractivity contribution in [3.05, 3.63) is 65.2 Å². The second-order valence-electron chi connectivity index (χ2n) is 6.94. The number of benzene rings is 3. The molecule has 0 bridgehead atoms. The Kier molecular flexibility index (Phi) is 4.50. The molecule has 0 aliphatic carbocycles. The molecule has 0 aromatic heterocycles. The van der Waals surface area contributed by atoms with E-state index in [1.807, 2.05) is 12.1 Å². The van der Waals surface area contributed by atoms with E-state index < -0.39 is 15.9 Å². The minimum atomic E-state index is -3.79. The number of carbonyl (C=O) groups is 1. The number of hydrazone groups is 1. The van der Waals surface area contributed by atoms with Crippen LogP contribution >= 0.6 is 0 Å². The van der Waals surface area contributed by atoms with Crippen molar-refractivity contribution < 1.29 is 18.3 Å². The Labute approximate surface area is 168 Å². The summed E-state index contributed by atoms with van der Waals surface area (Å²) in [4.78, 5) is 12.6. The van der Waals surface area contributed by atoms with E-state index in [9.17, 15) is 18.3 Å². The zero-order chi connectivity index (χ0) is 20.8. The Bertz CT molecular complexity index is 1250. The molecule has 0 saturated carbocycles. The number of nitrogens with one attached hydrogen (secondary N) is 1. The number of carbonyl (C=O) groups excluding carboxylic acids is 1. The van der Waals surface area contributed by atoms with Gasteiger partial charge in [-0.05, 0) is 60.2 Å². The number of hydrogen-bond acceptors (Lipinski definition) is 5. The number of aryl methyl sites for hydroxylation is 2. The lowest BCUT2D eigenvalue weighted by atomic mass is 10.1. The molecule has 0 saturated heterocycles. The summed E-state index contributed by atoms with van der Waals surface area (Å²) in [5.41, 5.74) is 4.97. The molecule has 2 N–H and O–H groups in total.